The van der Waals surface area contributed by atoms with Crippen LogP contribution in [0.2, 0.25) is 0 Å². The lowest BCUT2D eigenvalue weighted by Crippen LogP contribution is -2.31. The molecule has 0 bridgehead atoms. The topological polar surface area (TPSA) is 31.4 Å². The van der Waals surface area contributed by atoms with Crippen molar-refractivity contribution >= 4 is 11.6 Å². The van der Waals surface area contributed by atoms with Crippen LogP contribution in [0, 0.1) is 0 Å². The van der Waals surface area contributed by atoms with Crippen LogP contribution in [-0.4, -0.2) is 49.7 Å². The molecule has 2 heterocycles. The predicted molar refractivity (Wildman–Crippen MR) is 77.3 cm³/mol. The van der Waals surface area contributed by atoms with E-state index in [0.29, 0.717) is 6.04 Å². The maximum Gasteiger partial charge on any atom is 0.131 e. The molecule has 1 aromatic rings. The third-order valence-electron chi connectivity index (χ3n) is 3.51. The minimum absolute atomic E-state index is 0.652. The largest absolute Gasteiger partial charge is 0.370 e. The Hall–Kier alpha value is -1.29. The van der Waals surface area contributed by atoms with E-state index in [0.717, 1.165) is 37.7 Å². The van der Waals surface area contributed by atoms with Gasteiger partial charge < -0.3 is 15.1 Å². The number of nitrogens with zero attached hydrogens (tertiary/aromatic N) is 3. The Morgan fingerprint density at radius 3 is 2.94 bits per heavy atom. The zero-order valence-corrected chi connectivity index (χ0v) is 11.7. The van der Waals surface area contributed by atoms with Gasteiger partial charge in [0.15, 0.2) is 0 Å². The van der Waals surface area contributed by atoms with Crippen molar-refractivity contribution < 1.29 is 0 Å². The van der Waals surface area contributed by atoms with Crippen LogP contribution in [0.5, 0.6) is 0 Å². The average Bonchev–Trinajstić information content (AvgIpc) is 2.86. The zero-order valence-electron chi connectivity index (χ0n) is 11.7. The molecule has 1 N–H and O–H groups in total. The summed E-state index contributed by atoms with van der Waals surface area (Å²) in [4.78, 5) is 9.36. The van der Waals surface area contributed by atoms with E-state index in [1.54, 1.807) is 0 Å². The molecule has 0 saturated carbocycles. The molecule has 4 nitrogen and oxygen atoms in total. The van der Waals surface area contributed by atoms with Gasteiger partial charge in [0.05, 0.1) is 0 Å². The second-order valence-corrected chi connectivity index (χ2v) is 5.16. The van der Waals surface area contributed by atoms with Crippen LogP contribution in [0.15, 0.2) is 18.2 Å². The van der Waals surface area contributed by atoms with Crippen LogP contribution >= 0.6 is 0 Å². The van der Waals surface area contributed by atoms with Gasteiger partial charge in [-0.05, 0) is 39.1 Å². The molecular formula is C14H24N4. The van der Waals surface area contributed by atoms with Crippen molar-refractivity contribution in [3.63, 3.8) is 0 Å². The second kappa shape index (κ2) is 6.05. The molecule has 1 unspecified atom stereocenters. The van der Waals surface area contributed by atoms with Crippen molar-refractivity contribution in [2.24, 2.45) is 0 Å². The van der Waals surface area contributed by atoms with E-state index in [9.17, 15) is 0 Å². The summed E-state index contributed by atoms with van der Waals surface area (Å²) < 4.78 is 0. The van der Waals surface area contributed by atoms with Crippen LogP contribution in [0.4, 0.5) is 11.6 Å². The molecule has 4 heteroatoms. The predicted octanol–water partition coefficient (Wildman–Crippen LogP) is 2.04. The Morgan fingerprint density at radius 2 is 2.28 bits per heavy atom. The summed E-state index contributed by atoms with van der Waals surface area (Å²) in [6, 6.07) is 6.89. The van der Waals surface area contributed by atoms with Crippen LogP contribution in [-0.2, 0) is 0 Å². The standard InChI is InChI=1S/C14H24N4/c1-4-9-15-13-6-5-7-14(16-13)18-10-8-12(11-18)17(2)3/h5-7,12H,4,8-11H2,1-3H3,(H,15,16). The lowest BCUT2D eigenvalue weighted by Gasteiger charge is -2.21. The minimum atomic E-state index is 0.652. The van der Waals surface area contributed by atoms with Gasteiger partial charge in [0.2, 0.25) is 0 Å². The molecular weight excluding hydrogens is 224 g/mol. The van der Waals surface area contributed by atoms with E-state index in [1.807, 2.05) is 6.07 Å². The molecule has 1 fully saturated rings. The fraction of sp³-hybridized carbons (Fsp3) is 0.643. The summed E-state index contributed by atoms with van der Waals surface area (Å²) in [5.74, 6) is 2.09. The first kappa shape index (κ1) is 13.1. The first-order chi connectivity index (χ1) is 8.70. The van der Waals surface area contributed by atoms with Crippen molar-refractivity contribution in [1.29, 1.82) is 0 Å². The number of rotatable bonds is 5. The minimum Gasteiger partial charge on any atom is -0.370 e. The van der Waals surface area contributed by atoms with Gasteiger partial charge in [-0.25, -0.2) is 4.98 Å². The van der Waals surface area contributed by atoms with E-state index in [1.165, 1.54) is 6.42 Å². The molecule has 1 aromatic heterocycles. The number of hydrogen-bond donors (Lipinski definition) is 1. The molecule has 2 rings (SSSR count). The normalized spacial score (nSPS) is 19.6. The van der Waals surface area contributed by atoms with Crippen LogP contribution < -0.4 is 10.2 Å². The SMILES string of the molecule is CCCNc1cccc(N2CCC(N(C)C)C2)n1. The first-order valence-corrected chi connectivity index (χ1v) is 6.83. The van der Waals surface area contributed by atoms with Crippen LogP contribution in [0.1, 0.15) is 19.8 Å². The molecule has 1 aliphatic heterocycles. The molecule has 0 aliphatic carbocycles. The monoisotopic (exact) mass is 248 g/mol. The lowest BCUT2D eigenvalue weighted by atomic mass is 10.2. The van der Waals surface area contributed by atoms with Gasteiger partial charge in [-0.3, -0.25) is 0 Å². The summed E-state index contributed by atoms with van der Waals surface area (Å²) >= 11 is 0. The number of anilines is 2. The Kier molecular flexibility index (Phi) is 4.42. The molecule has 18 heavy (non-hydrogen) atoms. The number of likely N-dealkylation sites (N-methyl/N-ethyl adjacent to an activating group) is 1. The number of hydrogen-bond acceptors (Lipinski definition) is 4. The molecule has 1 atom stereocenters. The van der Waals surface area contributed by atoms with Crippen molar-refractivity contribution in [3.05, 3.63) is 18.2 Å². The highest BCUT2D eigenvalue weighted by Crippen LogP contribution is 2.21. The molecule has 0 amide bonds. The average molecular weight is 248 g/mol. The summed E-state index contributed by atoms with van der Waals surface area (Å²) in [6.45, 7) is 5.33. The Balaban J connectivity index is 2.01. The van der Waals surface area contributed by atoms with Crippen LogP contribution in [0.3, 0.4) is 0 Å². The van der Waals surface area contributed by atoms with E-state index in [2.05, 4.69) is 53.3 Å². The maximum atomic E-state index is 4.68. The lowest BCUT2D eigenvalue weighted by molar-refractivity contribution is 0.315. The number of aromatic nitrogens is 1. The van der Waals surface area contributed by atoms with E-state index in [-0.39, 0.29) is 0 Å². The van der Waals surface area contributed by atoms with Gasteiger partial charge in [0.1, 0.15) is 11.6 Å². The Bertz CT molecular complexity index is 378. The summed E-state index contributed by atoms with van der Waals surface area (Å²) in [5.41, 5.74) is 0. The van der Waals surface area contributed by atoms with Crippen LogP contribution in [0.25, 0.3) is 0 Å². The Labute approximate surface area is 110 Å². The van der Waals surface area contributed by atoms with Gasteiger partial charge in [-0.15, -0.1) is 0 Å². The van der Waals surface area contributed by atoms with E-state index in [4.69, 9.17) is 0 Å². The van der Waals surface area contributed by atoms with E-state index >= 15 is 0 Å². The third kappa shape index (κ3) is 3.13. The van der Waals surface area contributed by atoms with Gasteiger partial charge in [0, 0.05) is 25.7 Å². The highest BCUT2D eigenvalue weighted by molar-refractivity contribution is 5.47. The highest BCUT2D eigenvalue weighted by Gasteiger charge is 2.24. The number of pyridine rings is 1. The zero-order chi connectivity index (χ0) is 13.0. The molecule has 1 saturated heterocycles. The Morgan fingerprint density at radius 1 is 1.44 bits per heavy atom. The van der Waals surface area contributed by atoms with Gasteiger partial charge >= 0.3 is 0 Å². The summed E-state index contributed by atoms with van der Waals surface area (Å²) in [6.07, 6.45) is 2.35. The van der Waals surface area contributed by atoms with E-state index < -0.39 is 0 Å². The maximum absolute atomic E-state index is 4.68. The first-order valence-electron chi connectivity index (χ1n) is 6.83. The highest BCUT2D eigenvalue weighted by atomic mass is 15.3. The molecule has 100 valence electrons. The van der Waals surface area contributed by atoms with Crippen molar-refractivity contribution in [1.82, 2.24) is 9.88 Å². The molecule has 0 radical (unpaired) electrons. The van der Waals surface area contributed by atoms with Gasteiger partial charge in [-0.1, -0.05) is 13.0 Å². The third-order valence-corrected chi connectivity index (χ3v) is 3.51. The fourth-order valence-corrected chi connectivity index (χ4v) is 2.32. The summed E-state index contributed by atoms with van der Waals surface area (Å²) in [5, 5.41) is 3.34. The van der Waals surface area contributed by atoms with Gasteiger partial charge in [-0.2, -0.15) is 0 Å². The summed E-state index contributed by atoms with van der Waals surface area (Å²) in [7, 11) is 4.31. The number of nitrogens with one attached hydrogen (secondary N) is 1. The molecule has 0 aromatic carbocycles. The van der Waals surface area contributed by atoms with Crippen molar-refractivity contribution in [2.75, 3.05) is 43.9 Å². The van der Waals surface area contributed by atoms with Crippen molar-refractivity contribution in [3.8, 4) is 0 Å². The second-order valence-electron chi connectivity index (χ2n) is 5.16. The smallest absolute Gasteiger partial charge is 0.131 e. The quantitative estimate of drug-likeness (QED) is 0.864. The van der Waals surface area contributed by atoms with Gasteiger partial charge in [0.25, 0.3) is 0 Å². The molecule has 0 spiro atoms. The van der Waals surface area contributed by atoms with Crippen molar-refractivity contribution in [2.45, 2.75) is 25.8 Å². The molecule has 1 aliphatic rings. The fourth-order valence-electron chi connectivity index (χ4n) is 2.32.